The molecular weight excluding hydrogens is 240 g/mol. The molecule has 0 spiro atoms. The number of hydrogen-bond donors (Lipinski definition) is 1. The van der Waals surface area contributed by atoms with E-state index in [1.165, 1.54) is 0 Å². The number of rotatable bonds is 6. The number of aromatic nitrogens is 3. The molecule has 0 aliphatic carbocycles. The molecule has 1 heterocycles. The first kappa shape index (κ1) is 13.7. The SMILES string of the molecule is Cc1nncn1CCN(C)CC(O)c1ccccc1. The molecule has 0 aliphatic rings. The summed E-state index contributed by atoms with van der Waals surface area (Å²) in [5, 5.41) is 17.9. The largest absolute Gasteiger partial charge is 0.387 e. The topological polar surface area (TPSA) is 54.2 Å². The van der Waals surface area contributed by atoms with Crippen molar-refractivity contribution in [1.29, 1.82) is 0 Å². The maximum absolute atomic E-state index is 10.1. The molecule has 0 saturated carbocycles. The number of nitrogens with zero attached hydrogens (tertiary/aromatic N) is 4. The standard InChI is InChI=1S/C14H20N4O/c1-12-16-15-11-18(12)9-8-17(2)10-14(19)13-6-4-3-5-7-13/h3-7,11,14,19H,8-10H2,1-2H3. The van der Waals surface area contributed by atoms with Crippen molar-refractivity contribution in [3.63, 3.8) is 0 Å². The van der Waals surface area contributed by atoms with Crippen molar-refractivity contribution in [1.82, 2.24) is 19.7 Å². The van der Waals surface area contributed by atoms with Crippen molar-refractivity contribution in [3.8, 4) is 0 Å². The van der Waals surface area contributed by atoms with E-state index >= 15 is 0 Å². The van der Waals surface area contributed by atoms with Crippen molar-refractivity contribution >= 4 is 0 Å². The van der Waals surface area contributed by atoms with Crippen LogP contribution in [0.1, 0.15) is 17.5 Å². The molecule has 5 heteroatoms. The van der Waals surface area contributed by atoms with Crippen LogP contribution in [0.15, 0.2) is 36.7 Å². The lowest BCUT2D eigenvalue weighted by molar-refractivity contribution is 0.125. The fraction of sp³-hybridized carbons (Fsp3) is 0.429. The first-order chi connectivity index (χ1) is 9.16. The highest BCUT2D eigenvalue weighted by molar-refractivity contribution is 5.17. The Morgan fingerprint density at radius 2 is 2.05 bits per heavy atom. The molecule has 19 heavy (non-hydrogen) atoms. The summed E-state index contributed by atoms with van der Waals surface area (Å²) in [7, 11) is 2.01. The summed E-state index contributed by atoms with van der Waals surface area (Å²) in [4.78, 5) is 2.11. The fourth-order valence-corrected chi connectivity index (χ4v) is 1.98. The zero-order valence-electron chi connectivity index (χ0n) is 11.4. The molecular formula is C14H20N4O. The minimum Gasteiger partial charge on any atom is -0.387 e. The third-order valence-corrected chi connectivity index (χ3v) is 3.20. The number of hydrogen-bond acceptors (Lipinski definition) is 4. The number of likely N-dealkylation sites (N-methyl/N-ethyl adjacent to an activating group) is 1. The van der Waals surface area contributed by atoms with Gasteiger partial charge in [0.15, 0.2) is 0 Å². The Hall–Kier alpha value is -1.72. The van der Waals surface area contributed by atoms with Crippen molar-refractivity contribution in [2.24, 2.45) is 0 Å². The van der Waals surface area contributed by atoms with Gasteiger partial charge in [-0.25, -0.2) is 0 Å². The molecule has 1 N–H and O–H groups in total. The molecule has 2 aromatic rings. The van der Waals surface area contributed by atoms with Crippen LogP contribution in [0.4, 0.5) is 0 Å². The number of benzene rings is 1. The van der Waals surface area contributed by atoms with Gasteiger partial charge in [-0.1, -0.05) is 30.3 Å². The van der Waals surface area contributed by atoms with Crippen molar-refractivity contribution in [2.45, 2.75) is 19.6 Å². The smallest absolute Gasteiger partial charge is 0.129 e. The molecule has 0 amide bonds. The summed E-state index contributed by atoms with van der Waals surface area (Å²) in [6.45, 7) is 4.23. The van der Waals surface area contributed by atoms with Gasteiger partial charge in [0.25, 0.3) is 0 Å². The molecule has 1 unspecified atom stereocenters. The number of aliphatic hydroxyl groups is 1. The van der Waals surface area contributed by atoms with Crippen molar-refractivity contribution in [3.05, 3.63) is 48.0 Å². The van der Waals surface area contributed by atoms with E-state index in [0.29, 0.717) is 6.54 Å². The molecule has 1 aromatic carbocycles. The molecule has 1 aromatic heterocycles. The van der Waals surface area contributed by atoms with E-state index in [4.69, 9.17) is 0 Å². The van der Waals surface area contributed by atoms with Crippen LogP contribution in [0.3, 0.4) is 0 Å². The summed E-state index contributed by atoms with van der Waals surface area (Å²) in [6, 6.07) is 9.73. The Morgan fingerprint density at radius 1 is 1.32 bits per heavy atom. The molecule has 5 nitrogen and oxygen atoms in total. The summed E-state index contributed by atoms with van der Waals surface area (Å²) < 4.78 is 2.01. The van der Waals surface area contributed by atoms with Crippen LogP contribution in [0, 0.1) is 6.92 Å². The fourth-order valence-electron chi connectivity index (χ4n) is 1.98. The van der Waals surface area contributed by atoms with Crippen LogP contribution in [-0.2, 0) is 6.54 Å². The third-order valence-electron chi connectivity index (χ3n) is 3.20. The Bertz CT molecular complexity index is 497. The minimum absolute atomic E-state index is 0.451. The third kappa shape index (κ3) is 3.87. The maximum Gasteiger partial charge on any atom is 0.129 e. The van der Waals surface area contributed by atoms with E-state index in [1.54, 1.807) is 6.33 Å². The van der Waals surface area contributed by atoms with E-state index in [9.17, 15) is 5.11 Å². The quantitative estimate of drug-likeness (QED) is 0.849. The van der Waals surface area contributed by atoms with E-state index in [0.717, 1.165) is 24.5 Å². The van der Waals surface area contributed by atoms with Crippen LogP contribution in [0.5, 0.6) is 0 Å². The predicted molar refractivity (Wildman–Crippen MR) is 73.7 cm³/mol. The van der Waals surface area contributed by atoms with Crippen LogP contribution in [-0.4, -0.2) is 44.9 Å². The second-order valence-electron chi connectivity index (χ2n) is 4.76. The van der Waals surface area contributed by atoms with Gasteiger partial charge in [0.05, 0.1) is 6.10 Å². The van der Waals surface area contributed by atoms with Gasteiger partial charge in [-0.3, -0.25) is 0 Å². The normalized spacial score (nSPS) is 12.8. The molecule has 102 valence electrons. The average molecular weight is 260 g/mol. The van der Waals surface area contributed by atoms with Gasteiger partial charge >= 0.3 is 0 Å². The van der Waals surface area contributed by atoms with Gasteiger partial charge in [-0.2, -0.15) is 0 Å². The highest BCUT2D eigenvalue weighted by Gasteiger charge is 2.10. The highest BCUT2D eigenvalue weighted by atomic mass is 16.3. The Morgan fingerprint density at radius 3 is 2.68 bits per heavy atom. The molecule has 0 aliphatic heterocycles. The maximum atomic E-state index is 10.1. The van der Waals surface area contributed by atoms with Gasteiger partial charge in [-0.15, -0.1) is 10.2 Å². The van der Waals surface area contributed by atoms with Gasteiger partial charge in [0, 0.05) is 19.6 Å². The highest BCUT2D eigenvalue weighted by Crippen LogP contribution is 2.12. The average Bonchev–Trinajstić information content (AvgIpc) is 2.83. The Labute approximate surface area is 113 Å². The molecule has 0 fully saturated rings. The lowest BCUT2D eigenvalue weighted by Crippen LogP contribution is -2.28. The van der Waals surface area contributed by atoms with Gasteiger partial charge < -0.3 is 14.6 Å². The zero-order chi connectivity index (χ0) is 13.7. The van der Waals surface area contributed by atoms with E-state index in [2.05, 4.69) is 15.1 Å². The van der Waals surface area contributed by atoms with E-state index in [1.807, 2.05) is 48.9 Å². The van der Waals surface area contributed by atoms with Gasteiger partial charge in [0.2, 0.25) is 0 Å². The second kappa shape index (κ2) is 6.45. The lowest BCUT2D eigenvalue weighted by Gasteiger charge is -2.21. The van der Waals surface area contributed by atoms with Crippen LogP contribution >= 0.6 is 0 Å². The summed E-state index contributed by atoms with van der Waals surface area (Å²) in [5.41, 5.74) is 0.954. The second-order valence-corrected chi connectivity index (χ2v) is 4.76. The molecule has 1 atom stereocenters. The monoisotopic (exact) mass is 260 g/mol. The van der Waals surface area contributed by atoms with E-state index < -0.39 is 6.10 Å². The van der Waals surface area contributed by atoms with E-state index in [-0.39, 0.29) is 0 Å². The molecule has 2 rings (SSSR count). The zero-order valence-corrected chi connectivity index (χ0v) is 11.4. The van der Waals surface area contributed by atoms with Gasteiger partial charge in [-0.05, 0) is 19.5 Å². The first-order valence-corrected chi connectivity index (χ1v) is 6.43. The summed E-state index contributed by atoms with van der Waals surface area (Å²) >= 11 is 0. The summed E-state index contributed by atoms with van der Waals surface area (Å²) in [5.74, 6) is 0.914. The van der Waals surface area contributed by atoms with Crippen LogP contribution in [0.2, 0.25) is 0 Å². The summed E-state index contributed by atoms with van der Waals surface area (Å²) in [6.07, 6.45) is 1.28. The lowest BCUT2D eigenvalue weighted by atomic mass is 10.1. The van der Waals surface area contributed by atoms with Crippen molar-refractivity contribution in [2.75, 3.05) is 20.1 Å². The number of aryl methyl sites for hydroxylation is 1. The Kier molecular flexibility index (Phi) is 4.65. The molecule has 0 saturated heterocycles. The van der Waals surface area contributed by atoms with Crippen LogP contribution < -0.4 is 0 Å². The molecule has 0 radical (unpaired) electrons. The first-order valence-electron chi connectivity index (χ1n) is 6.43. The number of aliphatic hydroxyl groups excluding tert-OH is 1. The Balaban J connectivity index is 1.81. The van der Waals surface area contributed by atoms with Crippen molar-refractivity contribution < 1.29 is 5.11 Å². The molecule has 0 bridgehead atoms. The van der Waals surface area contributed by atoms with Gasteiger partial charge in [0.1, 0.15) is 12.2 Å². The van der Waals surface area contributed by atoms with Crippen LogP contribution in [0.25, 0.3) is 0 Å². The predicted octanol–water partition coefficient (Wildman–Crippen LogP) is 1.25. The minimum atomic E-state index is -0.451.